The van der Waals surface area contributed by atoms with Gasteiger partial charge in [-0.25, -0.2) is 0 Å². The number of phenolic OH excluding ortho intramolecular Hbond substituents is 1. The standard InChI is InChI=1S/C19H31N3O2S/c1-5-6-17(7-8-20-12-23)22-13-25-16(4)11-21-19-15(3)9-14(2)10-18(19)24/h9-12,17,21-22,24H,5-8,13H2,1-4H3,(H,20,23)/b16-11+. The van der Waals surface area contributed by atoms with Crippen LogP contribution in [-0.2, 0) is 4.79 Å². The van der Waals surface area contributed by atoms with E-state index in [1.165, 1.54) is 0 Å². The van der Waals surface area contributed by atoms with Crippen molar-refractivity contribution in [2.75, 3.05) is 17.7 Å². The number of phenols is 1. The van der Waals surface area contributed by atoms with Gasteiger partial charge in [0.15, 0.2) is 0 Å². The third-order valence-electron chi connectivity index (χ3n) is 3.91. The molecule has 1 atom stereocenters. The van der Waals surface area contributed by atoms with Gasteiger partial charge in [0, 0.05) is 24.7 Å². The predicted octanol–water partition coefficient (Wildman–Crippen LogP) is 3.87. The van der Waals surface area contributed by atoms with Crippen molar-refractivity contribution in [1.29, 1.82) is 0 Å². The van der Waals surface area contributed by atoms with Gasteiger partial charge < -0.3 is 21.1 Å². The molecule has 5 nitrogen and oxygen atoms in total. The molecule has 6 heteroatoms. The van der Waals surface area contributed by atoms with E-state index in [0.717, 1.165) is 53.3 Å². The van der Waals surface area contributed by atoms with Crippen molar-refractivity contribution < 1.29 is 9.90 Å². The SMILES string of the molecule is CCCC(CCNC=O)NCS/C(C)=C/Nc1c(C)cc(C)cc1O. The van der Waals surface area contributed by atoms with E-state index in [4.69, 9.17) is 0 Å². The Labute approximate surface area is 155 Å². The second-order valence-corrected chi connectivity index (χ2v) is 7.44. The maximum absolute atomic E-state index is 10.3. The molecule has 0 aliphatic rings. The summed E-state index contributed by atoms with van der Waals surface area (Å²) in [7, 11) is 0. The van der Waals surface area contributed by atoms with E-state index in [1.54, 1.807) is 17.8 Å². The molecule has 0 aliphatic heterocycles. The van der Waals surface area contributed by atoms with E-state index in [2.05, 4.69) is 22.9 Å². The van der Waals surface area contributed by atoms with Gasteiger partial charge in [-0.2, -0.15) is 0 Å². The zero-order valence-corrected chi connectivity index (χ0v) is 16.5. The highest BCUT2D eigenvalue weighted by Gasteiger charge is 2.07. The van der Waals surface area contributed by atoms with Crippen molar-refractivity contribution in [2.45, 2.75) is 53.0 Å². The lowest BCUT2D eigenvalue weighted by atomic mass is 10.1. The largest absolute Gasteiger partial charge is 0.506 e. The van der Waals surface area contributed by atoms with Gasteiger partial charge in [0.05, 0.1) is 5.69 Å². The molecule has 0 radical (unpaired) electrons. The molecule has 0 saturated carbocycles. The molecule has 1 aromatic carbocycles. The van der Waals surface area contributed by atoms with Crippen LogP contribution >= 0.6 is 11.8 Å². The van der Waals surface area contributed by atoms with Gasteiger partial charge in [0.2, 0.25) is 6.41 Å². The molecule has 0 heterocycles. The molecule has 1 amide bonds. The normalized spacial score (nSPS) is 12.7. The Bertz CT molecular complexity index is 553. The van der Waals surface area contributed by atoms with Gasteiger partial charge in [0.25, 0.3) is 0 Å². The summed E-state index contributed by atoms with van der Waals surface area (Å²) < 4.78 is 0. The summed E-state index contributed by atoms with van der Waals surface area (Å²) in [5.41, 5.74) is 2.82. The molecule has 0 fully saturated rings. The predicted molar refractivity (Wildman–Crippen MR) is 108 cm³/mol. The van der Waals surface area contributed by atoms with E-state index in [9.17, 15) is 9.90 Å². The molecule has 0 spiro atoms. The monoisotopic (exact) mass is 365 g/mol. The quantitative estimate of drug-likeness (QED) is 0.196. The number of rotatable bonds is 12. The second-order valence-electron chi connectivity index (χ2n) is 6.21. The molecule has 1 rings (SSSR count). The van der Waals surface area contributed by atoms with Crippen LogP contribution in [0.5, 0.6) is 5.75 Å². The number of amides is 1. The van der Waals surface area contributed by atoms with Crippen LogP contribution in [-0.4, -0.2) is 30.0 Å². The number of benzene rings is 1. The van der Waals surface area contributed by atoms with Gasteiger partial charge in [0.1, 0.15) is 5.75 Å². The van der Waals surface area contributed by atoms with Crippen LogP contribution in [0.15, 0.2) is 23.2 Å². The van der Waals surface area contributed by atoms with Crippen molar-refractivity contribution in [2.24, 2.45) is 0 Å². The summed E-state index contributed by atoms with van der Waals surface area (Å²) in [6.07, 6.45) is 5.82. The van der Waals surface area contributed by atoms with Crippen LogP contribution in [0.4, 0.5) is 5.69 Å². The van der Waals surface area contributed by atoms with Gasteiger partial charge >= 0.3 is 0 Å². The highest BCUT2D eigenvalue weighted by Crippen LogP contribution is 2.29. The average molecular weight is 366 g/mol. The Morgan fingerprint density at radius 3 is 2.72 bits per heavy atom. The first kappa shape index (κ1) is 21.4. The molecular weight excluding hydrogens is 334 g/mol. The van der Waals surface area contributed by atoms with Crippen LogP contribution in [0.25, 0.3) is 0 Å². The number of anilines is 1. The summed E-state index contributed by atoms with van der Waals surface area (Å²) in [4.78, 5) is 11.5. The highest BCUT2D eigenvalue weighted by atomic mass is 32.2. The van der Waals surface area contributed by atoms with E-state index in [-0.39, 0.29) is 5.75 Å². The number of aromatic hydroxyl groups is 1. The van der Waals surface area contributed by atoms with Gasteiger partial charge in [-0.3, -0.25) is 4.79 Å². The Hall–Kier alpha value is -1.66. The van der Waals surface area contributed by atoms with Gasteiger partial charge in [-0.15, -0.1) is 11.8 Å². The van der Waals surface area contributed by atoms with Gasteiger partial charge in [-0.1, -0.05) is 19.4 Å². The topological polar surface area (TPSA) is 73.4 Å². The fourth-order valence-corrected chi connectivity index (χ4v) is 3.32. The van der Waals surface area contributed by atoms with E-state index < -0.39 is 0 Å². The third-order valence-corrected chi connectivity index (χ3v) is 4.79. The molecule has 0 aliphatic carbocycles. The number of hydrogen-bond acceptors (Lipinski definition) is 5. The smallest absolute Gasteiger partial charge is 0.207 e. The van der Waals surface area contributed by atoms with Crippen LogP contribution < -0.4 is 16.0 Å². The lowest BCUT2D eigenvalue weighted by molar-refractivity contribution is -0.109. The lowest BCUT2D eigenvalue weighted by Crippen LogP contribution is -2.32. The van der Waals surface area contributed by atoms with Crippen LogP contribution in [0.2, 0.25) is 0 Å². The molecule has 0 bridgehead atoms. The first-order chi connectivity index (χ1) is 12.0. The minimum Gasteiger partial charge on any atom is -0.506 e. The minimum atomic E-state index is 0.273. The first-order valence-corrected chi connectivity index (χ1v) is 9.73. The molecule has 0 aromatic heterocycles. The summed E-state index contributed by atoms with van der Waals surface area (Å²) >= 11 is 1.72. The summed E-state index contributed by atoms with van der Waals surface area (Å²) in [5.74, 6) is 1.09. The maximum Gasteiger partial charge on any atom is 0.207 e. The molecule has 25 heavy (non-hydrogen) atoms. The summed E-state index contributed by atoms with van der Waals surface area (Å²) in [6, 6.07) is 4.22. The number of thioether (sulfide) groups is 1. The number of nitrogens with one attached hydrogen (secondary N) is 3. The highest BCUT2D eigenvalue weighted by molar-refractivity contribution is 8.03. The van der Waals surface area contributed by atoms with Crippen LogP contribution in [0.1, 0.15) is 44.2 Å². The van der Waals surface area contributed by atoms with Crippen molar-refractivity contribution in [1.82, 2.24) is 10.6 Å². The lowest BCUT2D eigenvalue weighted by Gasteiger charge is -2.17. The Balaban J connectivity index is 2.46. The molecular formula is C19H31N3O2S. The molecule has 1 aromatic rings. The Morgan fingerprint density at radius 1 is 1.32 bits per heavy atom. The second kappa shape index (κ2) is 11.8. The Morgan fingerprint density at radius 2 is 2.08 bits per heavy atom. The van der Waals surface area contributed by atoms with E-state index in [0.29, 0.717) is 12.6 Å². The van der Waals surface area contributed by atoms with Crippen molar-refractivity contribution >= 4 is 23.9 Å². The number of carbonyl (C=O) groups excluding carboxylic acids is 1. The average Bonchev–Trinajstić information content (AvgIpc) is 2.54. The number of allylic oxidation sites excluding steroid dienone is 1. The minimum absolute atomic E-state index is 0.273. The van der Waals surface area contributed by atoms with Crippen molar-refractivity contribution in [3.8, 4) is 5.75 Å². The molecule has 0 saturated heterocycles. The first-order valence-electron chi connectivity index (χ1n) is 8.74. The summed E-state index contributed by atoms with van der Waals surface area (Å²) in [5, 5.41) is 19.5. The fraction of sp³-hybridized carbons (Fsp3) is 0.526. The zero-order valence-electron chi connectivity index (χ0n) is 15.7. The molecule has 140 valence electrons. The fourth-order valence-electron chi connectivity index (χ4n) is 2.64. The molecule has 4 N–H and O–H groups in total. The van der Waals surface area contributed by atoms with Crippen molar-refractivity contribution in [3.05, 3.63) is 34.4 Å². The molecule has 1 unspecified atom stereocenters. The van der Waals surface area contributed by atoms with E-state index >= 15 is 0 Å². The summed E-state index contributed by atoms with van der Waals surface area (Å²) in [6.45, 7) is 8.86. The number of carbonyl (C=O) groups is 1. The van der Waals surface area contributed by atoms with E-state index in [1.807, 2.05) is 33.0 Å². The number of aryl methyl sites for hydroxylation is 2. The maximum atomic E-state index is 10.3. The third kappa shape index (κ3) is 8.31. The van der Waals surface area contributed by atoms with Crippen molar-refractivity contribution in [3.63, 3.8) is 0 Å². The Kier molecular flexibility index (Phi) is 10.1. The van der Waals surface area contributed by atoms with Crippen LogP contribution in [0.3, 0.4) is 0 Å². The zero-order chi connectivity index (χ0) is 18.7. The van der Waals surface area contributed by atoms with Gasteiger partial charge in [-0.05, 0) is 55.7 Å². The number of hydrogen-bond donors (Lipinski definition) is 4. The van der Waals surface area contributed by atoms with Crippen LogP contribution in [0, 0.1) is 13.8 Å².